The van der Waals surface area contributed by atoms with Crippen molar-refractivity contribution < 1.29 is 13.9 Å². The molecule has 0 saturated heterocycles. The normalized spacial score (nSPS) is 11.0. The van der Waals surface area contributed by atoms with Gasteiger partial charge < -0.3 is 13.9 Å². The minimum atomic E-state index is -0.302. The SMILES string of the molecule is COc1cc(C)c(CSCc2cc(=O)oc3cc(C)c(C)cc23)cc1OC. The molecule has 27 heavy (non-hydrogen) atoms. The summed E-state index contributed by atoms with van der Waals surface area (Å²) in [4.78, 5) is 11.9. The maximum atomic E-state index is 11.9. The van der Waals surface area contributed by atoms with E-state index in [9.17, 15) is 4.79 Å². The van der Waals surface area contributed by atoms with Crippen LogP contribution in [0.2, 0.25) is 0 Å². The predicted molar refractivity (Wildman–Crippen MR) is 111 cm³/mol. The molecule has 3 rings (SSSR count). The van der Waals surface area contributed by atoms with Gasteiger partial charge in [-0.05, 0) is 72.9 Å². The van der Waals surface area contributed by atoms with Crippen molar-refractivity contribution in [1.82, 2.24) is 0 Å². The standard InChI is InChI=1S/C22H24O4S/c1-13-6-18-17(10-22(23)26-19(18)7-14(13)2)12-27-11-16-9-21(25-5)20(24-4)8-15(16)3/h6-10H,11-12H2,1-5H3. The van der Waals surface area contributed by atoms with E-state index in [1.807, 2.05) is 25.1 Å². The molecule has 0 bridgehead atoms. The summed E-state index contributed by atoms with van der Waals surface area (Å²) in [6.45, 7) is 6.16. The van der Waals surface area contributed by atoms with Crippen molar-refractivity contribution in [2.75, 3.05) is 14.2 Å². The van der Waals surface area contributed by atoms with Crippen LogP contribution in [0, 0.1) is 20.8 Å². The van der Waals surface area contributed by atoms with Crippen molar-refractivity contribution >= 4 is 22.7 Å². The highest BCUT2D eigenvalue weighted by Gasteiger charge is 2.11. The van der Waals surface area contributed by atoms with Gasteiger partial charge in [0.1, 0.15) is 5.58 Å². The number of methoxy groups -OCH3 is 2. The van der Waals surface area contributed by atoms with E-state index in [0.717, 1.165) is 45.1 Å². The van der Waals surface area contributed by atoms with E-state index in [2.05, 4.69) is 19.9 Å². The fourth-order valence-electron chi connectivity index (χ4n) is 3.05. The predicted octanol–water partition coefficient (Wildman–Crippen LogP) is 5.17. The van der Waals surface area contributed by atoms with Crippen LogP contribution >= 0.6 is 11.8 Å². The van der Waals surface area contributed by atoms with Crippen molar-refractivity contribution in [3.8, 4) is 11.5 Å². The quantitative estimate of drug-likeness (QED) is 0.549. The van der Waals surface area contributed by atoms with Crippen LogP contribution in [0.1, 0.15) is 27.8 Å². The second-order valence-corrected chi connectivity index (χ2v) is 7.64. The Morgan fingerprint density at radius 1 is 0.815 bits per heavy atom. The molecule has 0 amide bonds. The van der Waals surface area contributed by atoms with E-state index >= 15 is 0 Å². The van der Waals surface area contributed by atoms with Crippen molar-refractivity contribution in [2.45, 2.75) is 32.3 Å². The molecule has 0 fully saturated rings. The highest BCUT2D eigenvalue weighted by molar-refractivity contribution is 7.97. The molecule has 2 aromatic carbocycles. The number of hydrogen-bond donors (Lipinski definition) is 0. The number of fused-ring (bicyclic) bond motifs is 1. The summed E-state index contributed by atoms with van der Waals surface area (Å²) >= 11 is 1.76. The third-order valence-electron chi connectivity index (χ3n) is 4.80. The van der Waals surface area contributed by atoms with Gasteiger partial charge in [-0.3, -0.25) is 0 Å². The zero-order chi connectivity index (χ0) is 19.6. The summed E-state index contributed by atoms with van der Waals surface area (Å²) in [5.74, 6) is 3.02. The van der Waals surface area contributed by atoms with Gasteiger partial charge in [-0.1, -0.05) is 0 Å². The first-order valence-electron chi connectivity index (χ1n) is 8.76. The maximum absolute atomic E-state index is 11.9. The fourth-order valence-corrected chi connectivity index (χ4v) is 4.14. The van der Waals surface area contributed by atoms with Gasteiger partial charge >= 0.3 is 5.63 Å². The topological polar surface area (TPSA) is 48.7 Å². The van der Waals surface area contributed by atoms with E-state index in [-0.39, 0.29) is 5.63 Å². The number of hydrogen-bond acceptors (Lipinski definition) is 5. The molecular formula is C22H24O4S. The van der Waals surface area contributed by atoms with Crippen LogP contribution in [0.15, 0.2) is 39.5 Å². The van der Waals surface area contributed by atoms with Crippen molar-refractivity contribution in [1.29, 1.82) is 0 Å². The van der Waals surface area contributed by atoms with Crippen LogP contribution in [0.25, 0.3) is 11.0 Å². The van der Waals surface area contributed by atoms with E-state index in [1.165, 1.54) is 11.1 Å². The molecule has 0 atom stereocenters. The van der Waals surface area contributed by atoms with Crippen molar-refractivity contribution in [2.24, 2.45) is 0 Å². The molecule has 0 N–H and O–H groups in total. The number of benzene rings is 2. The smallest absolute Gasteiger partial charge is 0.336 e. The molecule has 0 spiro atoms. The molecule has 0 aliphatic carbocycles. The molecule has 5 heteroatoms. The first-order valence-corrected chi connectivity index (χ1v) is 9.91. The number of ether oxygens (including phenoxy) is 2. The van der Waals surface area contributed by atoms with Gasteiger partial charge in [0, 0.05) is 23.0 Å². The molecule has 142 valence electrons. The molecular weight excluding hydrogens is 360 g/mol. The van der Waals surface area contributed by atoms with Crippen LogP contribution in [-0.2, 0) is 11.5 Å². The second kappa shape index (κ2) is 8.09. The molecule has 3 aromatic rings. The van der Waals surface area contributed by atoms with Gasteiger partial charge in [0.05, 0.1) is 14.2 Å². The van der Waals surface area contributed by atoms with Gasteiger partial charge in [0.2, 0.25) is 0 Å². The number of aryl methyl sites for hydroxylation is 3. The van der Waals surface area contributed by atoms with Crippen LogP contribution in [0.4, 0.5) is 0 Å². The van der Waals surface area contributed by atoms with Crippen LogP contribution in [-0.4, -0.2) is 14.2 Å². The largest absolute Gasteiger partial charge is 0.493 e. The highest BCUT2D eigenvalue weighted by Crippen LogP contribution is 2.33. The Balaban J connectivity index is 1.84. The van der Waals surface area contributed by atoms with Gasteiger partial charge in [-0.15, -0.1) is 0 Å². The van der Waals surface area contributed by atoms with Crippen LogP contribution in [0.3, 0.4) is 0 Å². The lowest BCUT2D eigenvalue weighted by Gasteiger charge is -2.13. The summed E-state index contributed by atoms with van der Waals surface area (Å²) in [6.07, 6.45) is 0. The fraction of sp³-hybridized carbons (Fsp3) is 0.318. The molecule has 0 unspecified atom stereocenters. The Morgan fingerprint density at radius 2 is 1.44 bits per heavy atom. The Morgan fingerprint density at radius 3 is 2.15 bits per heavy atom. The first kappa shape index (κ1) is 19.4. The third-order valence-corrected chi connectivity index (χ3v) is 5.83. The van der Waals surface area contributed by atoms with Gasteiger partial charge in [-0.2, -0.15) is 11.8 Å². The summed E-state index contributed by atoms with van der Waals surface area (Å²) < 4.78 is 16.1. The molecule has 1 aromatic heterocycles. The average molecular weight is 384 g/mol. The Bertz CT molecular complexity index is 1040. The number of rotatable bonds is 6. The van der Waals surface area contributed by atoms with Gasteiger partial charge in [0.15, 0.2) is 11.5 Å². The third kappa shape index (κ3) is 4.14. The summed E-state index contributed by atoms with van der Waals surface area (Å²) in [7, 11) is 3.28. The minimum absolute atomic E-state index is 0.302. The minimum Gasteiger partial charge on any atom is -0.493 e. The Kier molecular flexibility index (Phi) is 5.80. The zero-order valence-electron chi connectivity index (χ0n) is 16.3. The van der Waals surface area contributed by atoms with E-state index in [1.54, 1.807) is 32.0 Å². The van der Waals surface area contributed by atoms with Crippen LogP contribution in [0.5, 0.6) is 11.5 Å². The van der Waals surface area contributed by atoms with E-state index < -0.39 is 0 Å². The van der Waals surface area contributed by atoms with Crippen LogP contribution < -0.4 is 15.1 Å². The number of thioether (sulfide) groups is 1. The highest BCUT2D eigenvalue weighted by atomic mass is 32.2. The monoisotopic (exact) mass is 384 g/mol. The first-order chi connectivity index (χ1) is 12.9. The molecule has 0 saturated carbocycles. The summed E-state index contributed by atoms with van der Waals surface area (Å²) in [6, 6.07) is 9.66. The lowest BCUT2D eigenvalue weighted by atomic mass is 10.0. The van der Waals surface area contributed by atoms with Crippen molar-refractivity contribution in [3.05, 3.63) is 68.6 Å². The van der Waals surface area contributed by atoms with Crippen molar-refractivity contribution in [3.63, 3.8) is 0 Å². The molecule has 0 aliphatic heterocycles. The Hall–Kier alpha value is -2.40. The lowest BCUT2D eigenvalue weighted by Crippen LogP contribution is -2.01. The zero-order valence-corrected chi connectivity index (χ0v) is 17.2. The molecule has 0 aliphatic rings. The van der Waals surface area contributed by atoms with Gasteiger partial charge in [-0.25, -0.2) is 4.79 Å². The average Bonchev–Trinajstić information content (AvgIpc) is 2.64. The Labute approximate surface area is 163 Å². The molecule has 1 heterocycles. The van der Waals surface area contributed by atoms with E-state index in [4.69, 9.17) is 13.9 Å². The lowest BCUT2D eigenvalue weighted by molar-refractivity contribution is 0.354. The molecule has 0 radical (unpaired) electrons. The van der Waals surface area contributed by atoms with Gasteiger partial charge in [0.25, 0.3) is 0 Å². The van der Waals surface area contributed by atoms with E-state index in [0.29, 0.717) is 5.58 Å². The maximum Gasteiger partial charge on any atom is 0.336 e. The summed E-state index contributed by atoms with van der Waals surface area (Å²) in [5.41, 5.74) is 6.02. The molecule has 4 nitrogen and oxygen atoms in total. The summed E-state index contributed by atoms with van der Waals surface area (Å²) in [5, 5.41) is 1.01. The second-order valence-electron chi connectivity index (χ2n) is 6.65.